The van der Waals surface area contributed by atoms with Gasteiger partial charge in [-0.3, -0.25) is 19.3 Å². The lowest BCUT2D eigenvalue weighted by Crippen LogP contribution is -2.34. The predicted molar refractivity (Wildman–Crippen MR) is 131 cm³/mol. The summed E-state index contributed by atoms with van der Waals surface area (Å²) in [6, 6.07) is 17.4. The molecule has 0 amide bonds. The number of para-hydroxylation sites is 1. The molecule has 3 N–H and O–H groups in total. The molecule has 0 aliphatic carbocycles. The van der Waals surface area contributed by atoms with Crippen LogP contribution >= 0.6 is 0 Å². The largest absolute Gasteiger partial charge is 0.494 e. The molecule has 0 aliphatic heterocycles. The Morgan fingerprint density at radius 2 is 1.79 bits per heavy atom. The second-order valence-corrected chi connectivity index (χ2v) is 8.08. The number of rotatable bonds is 8. The van der Waals surface area contributed by atoms with Gasteiger partial charge in [-0.1, -0.05) is 62.4 Å². The number of benzene rings is 2. The van der Waals surface area contributed by atoms with Crippen molar-refractivity contribution in [1.29, 1.82) is 0 Å². The van der Waals surface area contributed by atoms with Crippen LogP contribution < -0.4 is 11.2 Å². The molecule has 2 aromatic carbocycles. The number of hydrogen-bond donors (Lipinski definition) is 3. The third kappa shape index (κ3) is 4.67. The molecule has 4 aromatic rings. The summed E-state index contributed by atoms with van der Waals surface area (Å²) in [6.07, 6.45) is 3.92. The fourth-order valence-corrected chi connectivity index (χ4v) is 4.12. The standard InChI is InChI=1S/C26H28N4O3/c1-3-19(14-18-15-27-22-13-9-8-12-20(18)22)28-21(4-2)23-24(31)29-26(33)30(25(23)32)16-17-10-6-5-7-11-17/h5-13,15,19,27,32H,3-4,14,16H2,1-2H3,(H,29,31,33). The summed E-state index contributed by atoms with van der Waals surface area (Å²) in [5, 5.41) is 12.1. The molecule has 0 saturated carbocycles. The van der Waals surface area contributed by atoms with E-state index in [9.17, 15) is 14.7 Å². The van der Waals surface area contributed by atoms with Crippen molar-refractivity contribution in [1.82, 2.24) is 14.5 Å². The Hall–Kier alpha value is -3.87. The lowest BCUT2D eigenvalue weighted by atomic mass is 10.0. The molecule has 7 heteroatoms. The van der Waals surface area contributed by atoms with Gasteiger partial charge < -0.3 is 10.1 Å². The van der Waals surface area contributed by atoms with Gasteiger partial charge in [0, 0.05) is 17.1 Å². The van der Waals surface area contributed by atoms with E-state index in [4.69, 9.17) is 4.99 Å². The first kappa shape index (κ1) is 22.3. The van der Waals surface area contributed by atoms with E-state index in [1.165, 1.54) is 4.57 Å². The van der Waals surface area contributed by atoms with Crippen molar-refractivity contribution in [3.05, 3.63) is 98.3 Å². The number of H-pyrrole nitrogens is 2. The van der Waals surface area contributed by atoms with Crippen LogP contribution in [0.2, 0.25) is 0 Å². The van der Waals surface area contributed by atoms with Crippen LogP contribution in [0.1, 0.15) is 43.4 Å². The highest BCUT2D eigenvalue weighted by Gasteiger charge is 2.20. The topological polar surface area (TPSA) is 103 Å². The Labute approximate surface area is 191 Å². The van der Waals surface area contributed by atoms with Gasteiger partial charge >= 0.3 is 5.69 Å². The van der Waals surface area contributed by atoms with E-state index in [0.29, 0.717) is 18.6 Å². The molecule has 7 nitrogen and oxygen atoms in total. The van der Waals surface area contributed by atoms with Crippen LogP contribution in [0, 0.1) is 0 Å². The fourth-order valence-electron chi connectivity index (χ4n) is 4.12. The van der Waals surface area contributed by atoms with E-state index >= 15 is 0 Å². The summed E-state index contributed by atoms with van der Waals surface area (Å²) in [5.41, 5.74) is 2.35. The Bertz CT molecular complexity index is 1400. The van der Waals surface area contributed by atoms with Crippen LogP contribution in [-0.2, 0) is 13.0 Å². The van der Waals surface area contributed by atoms with Crippen molar-refractivity contribution < 1.29 is 5.11 Å². The first-order valence-corrected chi connectivity index (χ1v) is 11.2. The number of nitrogens with zero attached hydrogens (tertiary/aromatic N) is 2. The highest BCUT2D eigenvalue weighted by molar-refractivity contribution is 6.02. The number of nitrogens with one attached hydrogen (secondary N) is 2. The Morgan fingerprint density at radius 3 is 2.52 bits per heavy atom. The van der Waals surface area contributed by atoms with Gasteiger partial charge in [-0.25, -0.2) is 4.79 Å². The minimum Gasteiger partial charge on any atom is -0.494 e. The van der Waals surface area contributed by atoms with Gasteiger partial charge in [0.05, 0.1) is 18.3 Å². The smallest absolute Gasteiger partial charge is 0.331 e. The summed E-state index contributed by atoms with van der Waals surface area (Å²) >= 11 is 0. The number of aromatic hydroxyl groups is 1. The third-order valence-corrected chi connectivity index (χ3v) is 5.92. The van der Waals surface area contributed by atoms with E-state index in [-0.39, 0.29) is 24.0 Å². The lowest BCUT2D eigenvalue weighted by Gasteiger charge is -2.15. The maximum absolute atomic E-state index is 12.7. The van der Waals surface area contributed by atoms with E-state index in [1.54, 1.807) is 0 Å². The highest BCUT2D eigenvalue weighted by Crippen LogP contribution is 2.22. The average Bonchev–Trinajstić information content (AvgIpc) is 3.23. The predicted octanol–water partition coefficient (Wildman–Crippen LogP) is 3.99. The van der Waals surface area contributed by atoms with E-state index in [2.05, 4.69) is 23.0 Å². The van der Waals surface area contributed by atoms with Gasteiger partial charge in [-0.15, -0.1) is 0 Å². The van der Waals surface area contributed by atoms with Gasteiger partial charge in [0.1, 0.15) is 5.56 Å². The maximum atomic E-state index is 12.7. The zero-order valence-corrected chi connectivity index (χ0v) is 18.8. The molecule has 0 fully saturated rings. The first-order chi connectivity index (χ1) is 16.0. The molecule has 1 unspecified atom stereocenters. The van der Waals surface area contributed by atoms with E-state index in [1.807, 2.05) is 61.7 Å². The maximum Gasteiger partial charge on any atom is 0.331 e. The number of fused-ring (bicyclic) bond motifs is 1. The lowest BCUT2D eigenvalue weighted by molar-refractivity contribution is 0.407. The number of aliphatic imine (C=N–C) groups is 1. The molecule has 0 radical (unpaired) electrons. The van der Waals surface area contributed by atoms with Crippen molar-refractivity contribution in [2.75, 3.05) is 0 Å². The molecular weight excluding hydrogens is 416 g/mol. The van der Waals surface area contributed by atoms with Crippen LogP contribution in [-0.4, -0.2) is 31.4 Å². The molecule has 2 heterocycles. The Kier molecular flexibility index (Phi) is 6.58. The Morgan fingerprint density at radius 1 is 1.06 bits per heavy atom. The van der Waals surface area contributed by atoms with Crippen molar-refractivity contribution in [2.45, 2.75) is 45.7 Å². The molecule has 33 heavy (non-hydrogen) atoms. The Balaban J connectivity index is 1.71. The quantitative estimate of drug-likeness (QED) is 0.358. The average molecular weight is 445 g/mol. The van der Waals surface area contributed by atoms with E-state index < -0.39 is 11.2 Å². The fraction of sp³-hybridized carbons (Fsp3) is 0.269. The number of aromatic nitrogens is 3. The molecule has 1 atom stereocenters. The van der Waals surface area contributed by atoms with Crippen molar-refractivity contribution >= 4 is 16.6 Å². The van der Waals surface area contributed by atoms with Gasteiger partial charge in [0.15, 0.2) is 0 Å². The van der Waals surface area contributed by atoms with Gasteiger partial charge in [-0.2, -0.15) is 0 Å². The second-order valence-electron chi connectivity index (χ2n) is 8.08. The van der Waals surface area contributed by atoms with Crippen LogP contribution in [0.5, 0.6) is 5.88 Å². The number of hydrogen-bond acceptors (Lipinski definition) is 4. The van der Waals surface area contributed by atoms with Crippen LogP contribution in [0.15, 0.2) is 75.4 Å². The molecule has 0 aliphatic rings. The molecule has 170 valence electrons. The van der Waals surface area contributed by atoms with Crippen molar-refractivity contribution in [3.63, 3.8) is 0 Å². The summed E-state index contributed by atoms with van der Waals surface area (Å²) in [5.74, 6) is -0.352. The summed E-state index contributed by atoms with van der Waals surface area (Å²) in [7, 11) is 0. The van der Waals surface area contributed by atoms with Crippen molar-refractivity contribution in [3.8, 4) is 5.88 Å². The highest BCUT2D eigenvalue weighted by atomic mass is 16.3. The zero-order chi connectivity index (χ0) is 23.4. The van der Waals surface area contributed by atoms with Crippen molar-refractivity contribution in [2.24, 2.45) is 4.99 Å². The number of aromatic amines is 2. The molecule has 0 saturated heterocycles. The van der Waals surface area contributed by atoms with Gasteiger partial charge in [0.2, 0.25) is 5.88 Å². The third-order valence-electron chi connectivity index (χ3n) is 5.92. The minimum atomic E-state index is -0.647. The molecule has 2 aromatic heterocycles. The van der Waals surface area contributed by atoms with Crippen LogP contribution in [0.3, 0.4) is 0 Å². The monoisotopic (exact) mass is 444 g/mol. The zero-order valence-electron chi connectivity index (χ0n) is 18.8. The first-order valence-electron chi connectivity index (χ1n) is 11.2. The molecular formula is C26H28N4O3. The summed E-state index contributed by atoms with van der Waals surface area (Å²) in [6.45, 7) is 4.10. The molecule has 0 bridgehead atoms. The normalized spacial score (nSPS) is 12.8. The van der Waals surface area contributed by atoms with Gasteiger partial charge in [0.25, 0.3) is 5.56 Å². The molecule has 4 rings (SSSR count). The van der Waals surface area contributed by atoms with Crippen LogP contribution in [0.4, 0.5) is 0 Å². The van der Waals surface area contributed by atoms with E-state index in [0.717, 1.165) is 28.5 Å². The van der Waals surface area contributed by atoms with Crippen LogP contribution in [0.25, 0.3) is 10.9 Å². The molecule has 0 spiro atoms. The summed E-state index contributed by atoms with van der Waals surface area (Å²) < 4.78 is 1.18. The summed E-state index contributed by atoms with van der Waals surface area (Å²) in [4.78, 5) is 35.7. The SMILES string of the molecule is CCC(=NC(CC)Cc1c[nH]c2ccccc12)c1c(O)n(Cc2ccccc2)c(=O)[nH]c1=O. The minimum absolute atomic E-state index is 0.0606. The second kappa shape index (κ2) is 9.73. The van der Waals surface area contributed by atoms with Gasteiger partial charge in [-0.05, 0) is 36.5 Å².